The summed E-state index contributed by atoms with van der Waals surface area (Å²) in [4.78, 5) is 23.7. The third kappa shape index (κ3) is 2.92. The summed E-state index contributed by atoms with van der Waals surface area (Å²) < 4.78 is 0.758. The van der Waals surface area contributed by atoms with E-state index in [2.05, 4.69) is 21.2 Å². The summed E-state index contributed by atoms with van der Waals surface area (Å²) in [6.45, 7) is 0. The number of rotatable bonds is 4. The number of carboxylic acids is 1. The quantitative estimate of drug-likeness (QED) is 0.891. The van der Waals surface area contributed by atoms with Gasteiger partial charge in [0.05, 0.1) is 12.0 Å². The maximum atomic E-state index is 12.1. The van der Waals surface area contributed by atoms with Gasteiger partial charge in [0, 0.05) is 4.47 Å². The van der Waals surface area contributed by atoms with E-state index < -0.39 is 11.5 Å². The molecule has 98 valence electrons. The Kier molecular flexibility index (Phi) is 4.07. The van der Waals surface area contributed by atoms with Crippen molar-refractivity contribution < 1.29 is 14.7 Å². The Morgan fingerprint density at radius 2 is 2.11 bits per heavy atom. The number of thiophene rings is 1. The molecule has 0 aromatic carbocycles. The van der Waals surface area contributed by atoms with E-state index in [1.54, 1.807) is 0 Å². The van der Waals surface area contributed by atoms with Crippen molar-refractivity contribution in [2.24, 2.45) is 0 Å². The molecule has 0 saturated heterocycles. The van der Waals surface area contributed by atoms with Gasteiger partial charge >= 0.3 is 5.97 Å². The van der Waals surface area contributed by atoms with Crippen LogP contribution in [0.3, 0.4) is 0 Å². The van der Waals surface area contributed by atoms with Gasteiger partial charge in [-0.25, -0.2) is 0 Å². The second kappa shape index (κ2) is 5.40. The Hall–Kier alpha value is -0.880. The van der Waals surface area contributed by atoms with Crippen LogP contribution in [0.4, 0.5) is 0 Å². The molecule has 6 heteroatoms. The SMILES string of the molecule is O=C(O)CC1(NC(=O)c2sccc2Br)CCCC1. The topological polar surface area (TPSA) is 66.4 Å². The van der Waals surface area contributed by atoms with Gasteiger partial charge in [0.25, 0.3) is 5.91 Å². The van der Waals surface area contributed by atoms with E-state index in [1.165, 1.54) is 11.3 Å². The van der Waals surface area contributed by atoms with Crippen LogP contribution in [-0.2, 0) is 4.79 Å². The first-order chi connectivity index (χ1) is 8.52. The molecule has 2 N–H and O–H groups in total. The van der Waals surface area contributed by atoms with Crippen molar-refractivity contribution in [3.8, 4) is 0 Å². The largest absolute Gasteiger partial charge is 0.481 e. The van der Waals surface area contributed by atoms with Gasteiger partial charge in [0.2, 0.25) is 0 Å². The molecule has 0 radical (unpaired) electrons. The van der Waals surface area contributed by atoms with Gasteiger partial charge in [-0.05, 0) is 40.2 Å². The lowest BCUT2D eigenvalue weighted by Crippen LogP contribution is -2.47. The van der Waals surface area contributed by atoms with Gasteiger partial charge in [-0.15, -0.1) is 11.3 Å². The van der Waals surface area contributed by atoms with Crippen molar-refractivity contribution in [1.82, 2.24) is 5.32 Å². The normalized spacial score (nSPS) is 17.6. The van der Waals surface area contributed by atoms with E-state index >= 15 is 0 Å². The van der Waals surface area contributed by atoms with Crippen LogP contribution >= 0.6 is 27.3 Å². The summed E-state index contributed by atoms with van der Waals surface area (Å²) in [6, 6.07) is 1.82. The summed E-state index contributed by atoms with van der Waals surface area (Å²) in [5, 5.41) is 13.7. The van der Waals surface area contributed by atoms with Crippen molar-refractivity contribution >= 4 is 39.1 Å². The molecule has 0 unspecified atom stereocenters. The lowest BCUT2D eigenvalue weighted by atomic mass is 9.93. The lowest BCUT2D eigenvalue weighted by molar-refractivity contribution is -0.138. The van der Waals surface area contributed by atoms with Gasteiger partial charge in [-0.1, -0.05) is 12.8 Å². The van der Waals surface area contributed by atoms with Gasteiger partial charge in [0.1, 0.15) is 4.88 Å². The third-order valence-electron chi connectivity index (χ3n) is 3.25. The van der Waals surface area contributed by atoms with Crippen LogP contribution in [0.2, 0.25) is 0 Å². The molecule has 0 atom stereocenters. The molecule has 4 nitrogen and oxygen atoms in total. The smallest absolute Gasteiger partial charge is 0.305 e. The number of carbonyl (C=O) groups excluding carboxylic acids is 1. The van der Waals surface area contributed by atoms with Crippen molar-refractivity contribution in [3.63, 3.8) is 0 Å². The standard InChI is InChI=1S/C12H14BrNO3S/c13-8-3-6-18-10(8)11(17)14-12(7-9(15)16)4-1-2-5-12/h3,6H,1-2,4-5,7H2,(H,14,17)(H,15,16). The van der Waals surface area contributed by atoms with Crippen LogP contribution in [0.5, 0.6) is 0 Å². The van der Waals surface area contributed by atoms with Crippen molar-refractivity contribution in [2.75, 3.05) is 0 Å². The highest BCUT2D eigenvalue weighted by molar-refractivity contribution is 9.10. The van der Waals surface area contributed by atoms with Gasteiger partial charge in [0.15, 0.2) is 0 Å². The molecule has 1 aliphatic rings. The first-order valence-electron chi connectivity index (χ1n) is 5.80. The maximum Gasteiger partial charge on any atom is 0.305 e. The molecule has 1 heterocycles. The molecule has 0 bridgehead atoms. The number of nitrogens with one attached hydrogen (secondary N) is 1. The van der Waals surface area contributed by atoms with Crippen molar-refractivity contribution in [1.29, 1.82) is 0 Å². The summed E-state index contributed by atoms with van der Waals surface area (Å²) in [6.07, 6.45) is 3.43. The Balaban J connectivity index is 2.12. The minimum atomic E-state index is -0.859. The van der Waals surface area contributed by atoms with Crippen molar-refractivity contribution in [3.05, 3.63) is 20.8 Å². The van der Waals surface area contributed by atoms with E-state index in [-0.39, 0.29) is 12.3 Å². The molecular formula is C12H14BrNO3S. The Bertz CT molecular complexity index is 466. The van der Waals surface area contributed by atoms with E-state index in [1.807, 2.05) is 11.4 Å². The minimum absolute atomic E-state index is 0.00172. The van der Waals surface area contributed by atoms with E-state index in [0.29, 0.717) is 4.88 Å². The monoisotopic (exact) mass is 331 g/mol. The second-order valence-electron chi connectivity index (χ2n) is 4.61. The molecule has 18 heavy (non-hydrogen) atoms. The molecule has 1 aromatic heterocycles. The van der Waals surface area contributed by atoms with Crippen LogP contribution < -0.4 is 5.32 Å². The molecule has 1 amide bonds. The Morgan fingerprint density at radius 1 is 1.44 bits per heavy atom. The highest BCUT2D eigenvalue weighted by Gasteiger charge is 2.38. The maximum absolute atomic E-state index is 12.1. The zero-order chi connectivity index (χ0) is 13.2. The highest BCUT2D eigenvalue weighted by atomic mass is 79.9. The third-order valence-corrected chi connectivity index (χ3v) is 5.09. The van der Waals surface area contributed by atoms with E-state index in [0.717, 1.165) is 30.2 Å². The van der Waals surface area contributed by atoms with E-state index in [4.69, 9.17) is 5.11 Å². The number of carboxylic acid groups (broad SMARTS) is 1. The van der Waals surface area contributed by atoms with Gasteiger partial charge < -0.3 is 10.4 Å². The molecular weight excluding hydrogens is 318 g/mol. The summed E-state index contributed by atoms with van der Waals surface area (Å²) in [5.41, 5.74) is -0.563. The van der Waals surface area contributed by atoms with Gasteiger partial charge in [-0.2, -0.15) is 0 Å². The van der Waals surface area contributed by atoms with Crippen LogP contribution in [-0.4, -0.2) is 22.5 Å². The molecule has 0 aliphatic heterocycles. The molecule has 1 saturated carbocycles. The fraction of sp³-hybridized carbons (Fsp3) is 0.500. The van der Waals surface area contributed by atoms with Gasteiger partial charge in [-0.3, -0.25) is 9.59 Å². The number of carbonyl (C=O) groups is 2. The summed E-state index contributed by atoms with van der Waals surface area (Å²) in [7, 11) is 0. The summed E-state index contributed by atoms with van der Waals surface area (Å²) >= 11 is 4.67. The minimum Gasteiger partial charge on any atom is -0.481 e. The number of amides is 1. The molecule has 1 aromatic rings. The number of hydrogen-bond acceptors (Lipinski definition) is 3. The number of hydrogen-bond donors (Lipinski definition) is 2. The average Bonchev–Trinajstić information content (AvgIpc) is 2.86. The summed E-state index contributed by atoms with van der Waals surface area (Å²) in [5.74, 6) is -1.04. The fourth-order valence-electron chi connectivity index (χ4n) is 2.44. The first kappa shape index (κ1) is 13.5. The lowest BCUT2D eigenvalue weighted by Gasteiger charge is -2.28. The first-order valence-corrected chi connectivity index (χ1v) is 7.47. The van der Waals surface area contributed by atoms with Crippen LogP contribution in [0.25, 0.3) is 0 Å². The Morgan fingerprint density at radius 3 is 2.61 bits per heavy atom. The predicted octanol–water partition coefficient (Wildman–Crippen LogP) is 3.03. The van der Waals surface area contributed by atoms with E-state index in [9.17, 15) is 9.59 Å². The highest BCUT2D eigenvalue weighted by Crippen LogP contribution is 2.33. The molecule has 1 fully saturated rings. The molecule has 2 rings (SSSR count). The number of halogens is 1. The number of aliphatic carboxylic acids is 1. The van der Waals surface area contributed by atoms with Crippen LogP contribution in [0.1, 0.15) is 41.8 Å². The zero-order valence-corrected chi connectivity index (χ0v) is 12.1. The predicted molar refractivity (Wildman–Crippen MR) is 72.9 cm³/mol. The second-order valence-corrected chi connectivity index (χ2v) is 6.38. The Labute approximate surface area is 118 Å². The van der Waals surface area contributed by atoms with Crippen LogP contribution in [0, 0.1) is 0 Å². The van der Waals surface area contributed by atoms with Crippen molar-refractivity contribution in [2.45, 2.75) is 37.6 Å². The molecule has 0 spiro atoms. The zero-order valence-electron chi connectivity index (χ0n) is 9.74. The molecule has 1 aliphatic carbocycles. The van der Waals surface area contributed by atoms with Crippen LogP contribution in [0.15, 0.2) is 15.9 Å². The average molecular weight is 332 g/mol. The fourth-order valence-corrected chi connectivity index (χ4v) is 3.89.